The predicted octanol–water partition coefficient (Wildman–Crippen LogP) is 4.99. The summed E-state index contributed by atoms with van der Waals surface area (Å²) in [6.45, 7) is 5.49. The van der Waals surface area contributed by atoms with Gasteiger partial charge >= 0.3 is 0 Å². The zero-order valence-electron chi connectivity index (χ0n) is 22.7. The van der Waals surface area contributed by atoms with Crippen molar-refractivity contribution in [1.29, 1.82) is 0 Å². The van der Waals surface area contributed by atoms with E-state index >= 15 is 0 Å². The summed E-state index contributed by atoms with van der Waals surface area (Å²) in [5.41, 5.74) is 4.08. The number of para-hydroxylation sites is 2. The van der Waals surface area contributed by atoms with Crippen molar-refractivity contribution < 1.29 is 19.0 Å². The van der Waals surface area contributed by atoms with Gasteiger partial charge in [-0.05, 0) is 54.8 Å². The second-order valence-electron chi connectivity index (χ2n) is 9.43. The zero-order valence-corrected chi connectivity index (χ0v) is 22.7. The standard InChI is InChI=1S/C31H39N3O4/c1-36-27-14-7-6-13-26(27)34-21-19-33(20-22-34)18-9-8-17-30(35)32-23-24-11-4-5-12-25(24)31-28(37-2)15-10-16-29(31)38-3/h4-7,10-16H,8-9,17-23H2,1-3H3,(H,32,35). The van der Waals surface area contributed by atoms with E-state index in [2.05, 4.69) is 27.2 Å². The van der Waals surface area contributed by atoms with Gasteiger partial charge in [-0.15, -0.1) is 0 Å². The van der Waals surface area contributed by atoms with E-state index in [0.29, 0.717) is 13.0 Å². The smallest absolute Gasteiger partial charge is 0.220 e. The van der Waals surface area contributed by atoms with Crippen LogP contribution in [0.3, 0.4) is 0 Å². The summed E-state index contributed by atoms with van der Waals surface area (Å²) >= 11 is 0. The van der Waals surface area contributed by atoms with Gasteiger partial charge in [0, 0.05) is 39.1 Å². The molecular weight excluding hydrogens is 478 g/mol. The van der Waals surface area contributed by atoms with Gasteiger partial charge in [0.05, 0.1) is 32.6 Å². The van der Waals surface area contributed by atoms with Crippen LogP contribution in [0.4, 0.5) is 5.69 Å². The molecule has 0 atom stereocenters. The number of anilines is 1. The van der Waals surface area contributed by atoms with E-state index in [1.807, 2.05) is 54.6 Å². The molecule has 0 spiro atoms. The molecule has 0 radical (unpaired) electrons. The highest BCUT2D eigenvalue weighted by Crippen LogP contribution is 2.39. The second kappa shape index (κ2) is 13.7. The van der Waals surface area contributed by atoms with E-state index < -0.39 is 0 Å². The van der Waals surface area contributed by atoms with Gasteiger partial charge in [-0.25, -0.2) is 0 Å². The topological polar surface area (TPSA) is 63.3 Å². The van der Waals surface area contributed by atoms with Crippen LogP contribution in [0.15, 0.2) is 66.7 Å². The largest absolute Gasteiger partial charge is 0.496 e. The highest BCUT2D eigenvalue weighted by Gasteiger charge is 2.19. The molecule has 1 N–H and O–H groups in total. The third-order valence-corrected chi connectivity index (χ3v) is 7.12. The quantitative estimate of drug-likeness (QED) is 0.342. The first kappa shape index (κ1) is 27.3. The Morgan fingerprint density at radius 3 is 2.11 bits per heavy atom. The van der Waals surface area contributed by atoms with Crippen molar-refractivity contribution in [3.63, 3.8) is 0 Å². The van der Waals surface area contributed by atoms with Gasteiger partial charge in [0.1, 0.15) is 17.2 Å². The van der Waals surface area contributed by atoms with Crippen LogP contribution in [-0.4, -0.2) is 64.9 Å². The average Bonchev–Trinajstić information content (AvgIpc) is 2.98. The van der Waals surface area contributed by atoms with E-state index in [1.54, 1.807) is 21.3 Å². The number of rotatable bonds is 12. The minimum absolute atomic E-state index is 0.0767. The van der Waals surface area contributed by atoms with Crippen LogP contribution in [-0.2, 0) is 11.3 Å². The van der Waals surface area contributed by atoms with Gasteiger partial charge in [0.2, 0.25) is 5.91 Å². The Kier molecular flexibility index (Phi) is 9.87. The average molecular weight is 518 g/mol. The monoisotopic (exact) mass is 517 g/mol. The van der Waals surface area contributed by atoms with Crippen LogP contribution < -0.4 is 24.4 Å². The number of nitrogens with one attached hydrogen (secondary N) is 1. The minimum Gasteiger partial charge on any atom is -0.496 e. The number of carbonyl (C=O) groups is 1. The molecule has 3 aromatic carbocycles. The van der Waals surface area contributed by atoms with Crippen LogP contribution in [0.5, 0.6) is 17.2 Å². The molecule has 3 aromatic rings. The molecule has 1 amide bonds. The van der Waals surface area contributed by atoms with E-state index in [4.69, 9.17) is 14.2 Å². The maximum Gasteiger partial charge on any atom is 0.220 e. The summed E-state index contributed by atoms with van der Waals surface area (Å²) in [7, 11) is 5.04. The molecule has 7 heteroatoms. The molecule has 4 rings (SSSR count). The maximum absolute atomic E-state index is 12.6. The number of hydrogen-bond acceptors (Lipinski definition) is 6. The van der Waals surface area contributed by atoms with Crippen molar-refractivity contribution in [3.05, 3.63) is 72.3 Å². The number of nitrogens with zero attached hydrogens (tertiary/aromatic N) is 2. The lowest BCUT2D eigenvalue weighted by Gasteiger charge is -2.36. The molecule has 1 aliphatic rings. The number of ether oxygens (including phenoxy) is 3. The van der Waals surface area contributed by atoms with Crippen LogP contribution in [0.2, 0.25) is 0 Å². The summed E-state index contributed by atoms with van der Waals surface area (Å²) in [4.78, 5) is 17.5. The summed E-state index contributed by atoms with van der Waals surface area (Å²) in [6.07, 6.45) is 2.42. The van der Waals surface area contributed by atoms with Crippen molar-refractivity contribution >= 4 is 11.6 Å². The molecule has 202 valence electrons. The molecule has 0 unspecified atom stereocenters. The van der Waals surface area contributed by atoms with Crippen molar-refractivity contribution in [2.75, 3.05) is 59.0 Å². The summed E-state index contributed by atoms with van der Waals surface area (Å²) in [5, 5.41) is 3.10. The number of benzene rings is 3. The first-order chi connectivity index (χ1) is 18.6. The zero-order chi connectivity index (χ0) is 26.7. The third kappa shape index (κ3) is 6.78. The molecule has 1 fully saturated rings. The Balaban J connectivity index is 1.22. The van der Waals surface area contributed by atoms with E-state index in [1.165, 1.54) is 0 Å². The van der Waals surface area contributed by atoms with Crippen LogP contribution in [0.25, 0.3) is 11.1 Å². The lowest BCUT2D eigenvalue weighted by molar-refractivity contribution is -0.121. The van der Waals surface area contributed by atoms with Crippen molar-refractivity contribution in [3.8, 4) is 28.4 Å². The van der Waals surface area contributed by atoms with Crippen molar-refractivity contribution in [1.82, 2.24) is 10.2 Å². The Labute approximate surface area is 226 Å². The highest BCUT2D eigenvalue weighted by molar-refractivity contribution is 5.80. The first-order valence-electron chi connectivity index (χ1n) is 13.3. The van der Waals surface area contributed by atoms with E-state index in [0.717, 1.165) is 85.2 Å². The summed E-state index contributed by atoms with van der Waals surface area (Å²) in [6, 6.07) is 22.0. The van der Waals surface area contributed by atoms with Gasteiger partial charge in [-0.1, -0.05) is 42.5 Å². The van der Waals surface area contributed by atoms with Crippen LogP contribution >= 0.6 is 0 Å². The summed E-state index contributed by atoms with van der Waals surface area (Å²) < 4.78 is 16.7. The normalized spacial score (nSPS) is 13.7. The number of unbranched alkanes of at least 4 members (excludes halogenated alkanes) is 1. The van der Waals surface area contributed by atoms with Gasteiger partial charge in [-0.3, -0.25) is 9.69 Å². The number of methoxy groups -OCH3 is 3. The Morgan fingerprint density at radius 2 is 1.39 bits per heavy atom. The van der Waals surface area contributed by atoms with Gasteiger partial charge in [-0.2, -0.15) is 0 Å². The van der Waals surface area contributed by atoms with Crippen LogP contribution in [0.1, 0.15) is 24.8 Å². The molecule has 7 nitrogen and oxygen atoms in total. The molecule has 0 saturated carbocycles. The fraction of sp³-hybridized carbons (Fsp3) is 0.387. The molecular formula is C31H39N3O4. The first-order valence-corrected chi connectivity index (χ1v) is 13.3. The molecule has 38 heavy (non-hydrogen) atoms. The van der Waals surface area contributed by atoms with Crippen molar-refractivity contribution in [2.45, 2.75) is 25.8 Å². The van der Waals surface area contributed by atoms with Gasteiger partial charge < -0.3 is 24.4 Å². The third-order valence-electron chi connectivity index (χ3n) is 7.12. The second-order valence-corrected chi connectivity index (χ2v) is 9.43. The molecule has 0 aromatic heterocycles. The highest BCUT2D eigenvalue weighted by atomic mass is 16.5. The van der Waals surface area contributed by atoms with Gasteiger partial charge in [0.25, 0.3) is 0 Å². The number of piperazine rings is 1. The lowest BCUT2D eigenvalue weighted by atomic mass is 9.97. The molecule has 1 saturated heterocycles. The lowest BCUT2D eigenvalue weighted by Crippen LogP contribution is -2.46. The molecule has 1 heterocycles. The Hall–Kier alpha value is -3.71. The van der Waals surface area contributed by atoms with E-state index in [-0.39, 0.29) is 5.91 Å². The summed E-state index contributed by atoms with van der Waals surface area (Å²) in [5.74, 6) is 2.49. The number of amides is 1. The molecule has 0 bridgehead atoms. The molecule has 1 aliphatic heterocycles. The SMILES string of the molecule is COc1ccccc1N1CCN(CCCCC(=O)NCc2ccccc2-c2c(OC)cccc2OC)CC1. The Bertz CT molecular complexity index is 1170. The maximum atomic E-state index is 12.6. The number of hydrogen-bond donors (Lipinski definition) is 1. The van der Waals surface area contributed by atoms with E-state index in [9.17, 15) is 4.79 Å². The van der Waals surface area contributed by atoms with Gasteiger partial charge in [0.15, 0.2) is 0 Å². The van der Waals surface area contributed by atoms with Crippen molar-refractivity contribution in [2.24, 2.45) is 0 Å². The molecule has 0 aliphatic carbocycles. The Morgan fingerprint density at radius 1 is 0.763 bits per heavy atom. The van der Waals surface area contributed by atoms with Crippen LogP contribution in [0, 0.1) is 0 Å². The fourth-order valence-electron chi connectivity index (χ4n) is 5.04. The number of carbonyl (C=O) groups excluding carboxylic acids is 1. The minimum atomic E-state index is 0.0767. The fourth-order valence-corrected chi connectivity index (χ4v) is 5.04. The predicted molar refractivity (Wildman–Crippen MR) is 152 cm³/mol.